The molecule has 0 aromatic carbocycles. The van der Waals surface area contributed by atoms with Crippen LogP contribution in [-0.2, 0) is 24.2 Å². The van der Waals surface area contributed by atoms with E-state index in [-0.39, 0.29) is 18.1 Å². The van der Waals surface area contributed by atoms with E-state index in [4.69, 9.17) is 0 Å². The van der Waals surface area contributed by atoms with Crippen LogP contribution in [0.25, 0.3) is 0 Å². The van der Waals surface area contributed by atoms with Gasteiger partial charge in [-0.3, -0.25) is 4.79 Å². The number of hydrogen-bond acceptors (Lipinski definition) is 6. The summed E-state index contributed by atoms with van der Waals surface area (Å²) in [5.74, 6) is -0.390. The van der Waals surface area contributed by atoms with Crippen LogP contribution in [0.1, 0.15) is 41.0 Å². The smallest absolute Gasteiger partial charge is 0.358 e. The highest BCUT2D eigenvalue weighted by atomic mass is 79.9. The van der Waals surface area contributed by atoms with Crippen LogP contribution in [0.3, 0.4) is 0 Å². The lowest BCUT2D eigenvalue weighted by molar-refractivity contribution is -0.390. The van der Waals surface area contributed by atoms with Gasteiger partial charge in [-0.2, -0.15) is 9.94 Å². The topological polar surface area (TPSA) is 114 Å². The number of nitriles is 1. The molecule has 1 aliphatic rings. The number of nitro groups is 1. The maximum atomic E-state index is 12.2. The second-order valence-electron chi connectivity index (χ2n) is 6.03. The van der Waals surface area contributed by atoms with Gasteiger partial charge in [-0.1, -0.05) is 0 Å². The number of nitrogens with zero attached hydrogens (tertiary/aromatic N) is 4. The van der Waals surface area contributed by atoms with E-state index < -0.39 is 4.92 Å². The van der Waals surface area contributed by atoms with Crippen molar-refractivity contribution >= 4 is 44.0 Å². The molecule has 10 heteroatoms. The number of anilines is 1. The van der Waals surface area contributed by atoms with E-state index in [0.29, 0.717) is 33.7 Å². The average molecular weight is 438 g/mol. The highest BCUT2D eigenvalue weighted by Gasteiger charge is 2.24. The standard InChI is InChI=1S/C16H16BrN5O3S/c1-9-14(17)15(22(24)25)20-21(9)7-3-6-13(23)19-16-11(8-18)10-4-2-5-12(10)26-16/h2-7H2,1H3,(H,19,23). The molecule has 0 bridgehead atoms. The van der Waals surface area contributed by atoms with Gasteiger partial charge in [0.15, 0.2) is 0 Å². The normalized spacial score (nSPS) is 12.7. The van der Waals surface area contributed by atoms with E-state index in [1.54, 1.807) is 6.92 Å². The number of aromatic nitrogens is 2. The molecule has 0 fully saturated rings. The minimum absolute atomic E-state index is 0.167. The Hall–Kier alpha value is -2.25. The van der Waals surface area contributed by atoms with Crippen molar-refractivity contribution in [3.8, 4) is 6.07 Å². The molecule has 1 aliphatic carbocycles. The summed E-state index contributed by atoms with van der Waals surface area (Å²) < 4.78 is 1.88. The van der Waals surface area contributed by atoms with Crippen molar-refractivity contribution in [1.82, 2.24) is 9.78 Å². The maximum Gasteiger partial charge on any atom is 0.404 e. The minimum Gasteiger partial charge on any atom is -0.358 e. The summed E-state index contributed by atoms with van der Waals surface area (Å²) in [5, 5.41) is 27.7. The molecule has 0 unspecified atom stereocenters. The fourth-order valence-corrected chi connectivity index (χ4v) is 4.72. The molecule has 1 amide bonds. The van der Waals surface area contributed by atoms with Gasteiger partial charge in [0.25, 0.3) is 0 Å². The SMILES string of the molecule is Cc1c(Br)c([N+](=O)[O-])nn1CCCC(=O)Nc1sc2c(c1C#N)CCC2. The first kappa shape index (κ1) is 18.5. The van der Waals surface area contributed by atoms with Crippen LogP contribution < -0.4 is 5.32 Å². The van der Waals surface area contributed by atoms with Gasteiger partial charge in [-0.15, -0.1) is 11.3 Å². The summed E-state index contributed by atoms with van der Waals surface area (Å²) in [4.78, 5) is 23.8. The molecular formula is C16H16BrN5O3S. The number of aryl methyl sites for hydroxylation is 2. The molecule has 0 spiro atoms. The van der Waals surface area contributed by atoms with Crippen molar-refractivity contribution in [1.29, 1.82) is 5.26 Å². The fourth-order valence-electron chi connectivity index (χ4n) is 3.03. The van der Waals surface area contributed by atoms with E-state index >= 15 is 0 Å². The van der Waals surface area contributed by atoms with Crippen LogP contribution >= 0.6 is 27.3 Å². The van der Waals surface area contributed by atoms with Crippen LogP contribution in [0.15, 0.2) is 4.47 Å². The van der Waals surface area contributed by atoms with Crippen molar-refractivity contribution in [2.75, 3.05) is 5.32 Å². The molecule has 0 atom stereocenters. The van der Waals surface area contributed by atoms with Gasteiger partial charge in [0.05, 0.1) is 22.9 Å². The summed E-state index contributed by atoms with van der Waals surface area (Å²) in [6, 6.07) is 2.20. The Morgan fingerprint density at radius 3 is 2.96 bits per heavy atom. The molecule has 136 valence electrons. The molecule has 2 heterocycles. The molecule has 8 nitrogen and oxygen atoms in total. The van der Waals surface area contributed by atoms with Crippen LogP contribution in [0.2, 0.25) is 0 Å². The van der Waals surface area contributed by atoms with Gasteiger partial charge < -0.3 is 15.4 Å². The van der Waals surface area contributed by atoms with E-state index in [9.17, 15) is 20.2 Å². The van der Waals surface area contributed by atoms with Crippen molar-refractivity contribution in [2.45, 2.75) is 45.6 Å². The zero-order valence-corrected chi connectivity index (χ0v) is 16.4. The largest absolute Gasteiger partial charge is 0.404 e. The fraction of sp³-hybridized carbons (Fsp3) is 0.438. The predicted molar refractivity (Wildman–Crippen MR) is 100 cm³/mol. The lowest BCUT2D eigenvalue weighted by Gasteiger charge is -2.04. The van der Waals surface area contributed by atoms with Crippen molar-refractivity contribution in [2.24, 2.45) is 0 Å². The quantitative estimate of drug-likeness (QED) is 0.546. The number of hydrogen-bond donors (Lipinski definition) is 1. The number of thiophene rings is 1. The number of amides is 1. The summed E-state index contributed by atoms with van der Waals surface area (Å²) in [5.41, 5.74) is 2.33. The molecule has 0 saturated carbocycles. The molecule has 26 heavy (non-hydrogen) atoms. The Morgan fingerprint density at radius 1 is 1.54 bits per heavy atom. The summed E-state index contributed by atoms with van der Waals surface area (Å²) >= 11 is 4.66. The summed E-state index contributed by atoms with van der Waals surface area (Å²) in [6.45, 7) is 2.13. The molecule has 0 radical (unpaired) electrons. The third kappa shape index (κ3) is 3.50. The predicted octanol–water partition coefficient (Wildman–Crippen LogP) is 3.70. The van der Waals surface area contributed by atoms with Crippen molar-refractivity contribution < 1.29 is 9.72 Å². The second-order valence-corrected chi connectivity index (χ2v) is 7.93. The lowest BCUT2D eigenvalue weighted by atomic mass is 10.1. The third-order valence-corrected chi connectivity index (χ3v) is 6.49. The van der Waals surface area contributed by atoms with Gasteiger partial charge in [-0.05, 0) is 59.0 Å². The number of carbonyl (C=O) groups excluding carboxylic acids is 1. The van der Waals surface area contributed by atoms with Crippen LogP contribution in [-0.4, -0.2) is 20.6 Å². The van der Waals surface area contributed by atoms with Crippen molar-refractivity contribution in [3.63, 3.8) is 0 Å². The molecule has 1 N–H and O–H groups in total. The molecule has 0 saturated heterocycles. The van der Waals surface area contributed by atoms with Gasteiger partial charge in [0, 0.05) is 11.3 Å². The van der Waals surface area contributed by atoms with Gasteiger partial charge >= 0.3 is 5.82 Å². The van der Waals surface area contributed by atoms with Gasteiger partial charge in [0.1, 0.15) is 15.5 Å². The Bertz CT molecular complexity index is 927. The number of nitrogens with one attached hydrogen (secondary N) is 1. The first-order valence-corrected chi connectivity index (χ1v) is 9.75. The molecule has 3 rings (SSSR count). The van der Waals surface area contributed by atoms with Gasteiger partial charge in [-0.25, -0.2) is 0 Å². The first-order valence-electron chi connectivity index (χ1n) is 8.14. The Labute approximate surface area is 162 Å². The summed E-state index contributed by atoms with van der Waals surface area (Å²) in [6.07, 6.45) is 3.67. The molecule has 2 aromatic rings. The zero-order chi connectivity index (χ0) is 18.8. The number of fused-ring (bicyclic) bond motifs is 1. The van der Waals surface area contributed by atoms with Crippen molar-refractivity contribution in [3.05, 3.63) is 36.3 Å². The number of carbonyl (C=O) groups is 1. The number of halogens is 1. The Balaban J connectivity index is 1.58. The minimum atomic E-state index is -0.542. The van der Waals surface area contributed by atoms with Crippen LogP contribution in [0.5, 0.6) is 0 Å². The highest BCUT2D eigenvalue weighted by Crippen LogP contribution is 2.38. The van der Waals surface area contributed by atoms with Crippen LogP contribution in [0, 0.1) is 28.4 Å². The van der Waals surface area contributed by atoms with E-state index in [0.717, 1.165) is 24.8 Å². The number of rotatable bonds is 6. The maximum absolute atomic E-state index is 12.2. The monoisotopic (exact) mass is 437 g/mol. The lowest BCUT2D eigenvalue weighted by Crippen LogP contribution is -2.13. The Kier molecular flexibility index (Phi) is 5.38. The van der Waals surface area contributed by atoms with Crippen LogP contribution in [0.4, 0.5) is 10.8 Å². The first-order chi connectivity index (χ1) is 12.4. The zero-order valence-electron chi connectivity index (χ0n) is 14.0. The van der Waals surface area contributed by atoms with E-state index in [2.05, 4.69) is 32.4 Å². The van der Waals surface area contributed by atoms with E-state index in [1.807, 2.05) is 0 Å². The Morgan fingerprint density at radius 2 is 2.31 bits per heavy atom. The molecule has 2 aromatic heterocycles. The molecule has 0 aliphatic heterocycles. The van der Waals surface area contributed by atoms with E-state index in [1.165, 1.54) is 20.9 Å². The summed E-state index contributed by atoms with van der Waals surface area (Å²) in [7, 11) is 0. The average Bonchev–Trinajstić information content (AvgIpc) is 3.23. The highest BCUT2D eigenvalue weighted by molar-refractivity contribution is 9.10. The third-order valence-electron chi connectivity index (χ3n) is 4.35. The second kappa shape index (κ2) is 7.55. The van der Waals surface area contributed by atoms with Gasteiger partial charge in [0.2, 0.25) is 5.91 Å². The molecular weight excluding hydrogens is 422 g/mol.